The van der Waals surface area contributed by atoms with E-state index in [9.17, 15) is 24.2 Å². The second-order valence-corrected chi connectivity index (χ2v) is 11.9. The molecule has 1 aromatic carbocycles. The Hall–Kier alpha value is -4.61. The van der Waals surface area contributed by atoms with Crippen LogP contribution in [0.4, 0.5) is 19.4 Å². The van der Waals surface area contributed by atoms with E-state index in [1.54, 1.807) is 19.2 Å². The van der Waals surface area contributed by atoms with Crippen LogP contribution in [0, 0.1) is 24.0 Å². The van der Waals surface area contributed by atoms with Gasteiger partial charge in [-0.05, 0) is 55.5 Å². The minimum absolute atomic E-state index is 0.0000240. The van der Waals surface area contributed by atoms with Crippen molar-refractivity contribution < 1.29 is 23.8 Å². The average Bonchev–Trinajstić information content (AvgIpc) is 2.92. The van der Waals surface area contributed by atoms with E-state index in [0.29, 0.717) is 23.4 Å². The lowest BCUT2D eigenvalue weighted by Gasteiger charge is -2.51. The number of carbonyl (C=O) groups is 1. The summed E-state index contributed by atoms with van der Waals surface area (Å²) in [6.45, 7) is 11.7. The van der Waals surface area contributed by atoms with E-state index >= 15 is 4.39 Å². The van der Waals surface area contributed by atoms with Crippen molar-refractivity contribution in [3.8, 4) is 22.7 Å². The molecule has 0 saturated carbocycles. The second kappa shape index (κ2) is 10.9. The topological polar surface area (TPSA) is 125 Å². The SMILES string of the molecule is CCc1nccc(C)c1-n1c(=O)nc(N2CCN(C(=O)O)C(C(C)(C)C)[C@@H]2C)c2cc(F)c(-c3c(O)cccc3F)nc21. The molecule has 4 aromatic rings. The number of phenolic OH excluding ortho intramolecular Hbond substituents is 1. The molecule has 12 heteroatoms. The van der Waals surface area contributed by atoms with Crippen LogP contribution in [0.5, 0.6) is 5.75 Å². The van der Waals surface area contributed by atoms with Crippen molar-refractivity contribution in [2.75, 3.05) is 18.0 Å². The van der Waals surface area contributed by atoms with E-state index in [1.807, 2.05) is 39.5 Å². The van der Waals surface area contributed by atoms with Crippen molar-refractivity contribution >= 4 is 22.9 Å². The van der Waals surface area contributed by atoms with Crippen LogP contribution in [-0.2, 0) is 6.42 Å². The van der Waals surface area contributed by atoms with Crippen LogP contribution in [0.25, 0.3) is 28.0 Å². The standard InChI is InChI=1S/C31H34F2N6O4/c1-7-21-25(16(2)11-12-34-21)39-28-18(15-20(33)24(35-28)23-19(32)9-8-10-22(23)40)27(36-29(39)41)37-13-14-38(30(42)43)26(17(37)3)31(4,5)6/h8-12,15,17,26,40H,7,13-14H2,1-6H3,(H,42,43)/t17-,26?/m0/s1. The molecule has 43 heavy (non-hydrogen) atoms. The maximum absolute atomic E-state index is 15.9. The monoisotopic (exact) mass is 592 g/mol. The number of phenols is 1. The summed E-state index contributed by atoms with van der Waals surface area (Å²) in [6.07, 6.45) is 1.04. The van der Waals surface area contributed by atoms with Gasteiger partial charge in [0.1, 0.15) is 23.1 Å². The quantitative estimate of drug-likeness (QED) is 0.327. The molecule has 1 aliphatic rings. The summed E-state index contributed by atoms with van der Waals surface area (Å²) in [6, 6.07) is 5.53. The molecule has 2 N–H and O–H groups in total. The number of carboxylic acid groups (broad SMARTS) is 1. The van der Waals surface area contributed by atoms with Gasteiger partial charge in [0.05, 0.1) is 28.4 Å². The fourth-order valence-corrected chi connectivity index (χ4v) is 6.31. The van der Waals surface area contributed by atoms with Gasteiger partial charge >= 0.3 is 11.8 Å². The van der Waals surface area contributed by atoms with Gasteiger partial charge in [-0.15, -0.1) is 0 Å². The number of anilines is 1. The molecule has 226 valence electrons. The van der Waals surface area contributed by atoms with Crippen molar-refractivity contribution in [1.29, 1.82) is 0 Å². The second-order valence-electron chi connectivity index (χ2n) is 11.9. The average molecular weight is 593 g/mol. The molecule has 1 amide bonds. The van der Waals surface area contributed by atoms with Crippen LogP contribution in [0.2, 0.25) is 0 Å². The number of aromatic nitrogens is 4. The summed E-state index contributed by atoms with van der Waals surface area (Å²) in [7, 11) is 0. The van der Waals surface area contributed by atoms with Gasteiger partial charge in [-0.25, -0.2) is 27.9 Å². The predicted molar refractivity (Wildman–Crippen MR) is 159 cm³/mol. The third-order valence-electron chi connectivity index (χ3n) is 8.06. The van der Waals surface area contributed by atoms with Crippen LogP contribution >= 0.6 is 0 Å². The van der Waals surface area contributed by atoms with E-state index in [1.165, 1.54) is 21.6 Å². The van der Waals surface area contributed by atoms with Crippen LogP contribution in [0.1, 0.15) is 45.9 Å². The molecule has 0 bridgehead atoms. The summed E-state index contributed by atoms with van der Waals surface area (Å²) in [5.41, 5.74) is -0.394. The molecule has 1 fully saturated rings. The number of fused-ring (bicyclic) bond motifs is 1. The van der Waals surface area contributed by atoms with Crippen molar-refractivity contribution in [3.63, 3.8) is 0 Å². The van der Waals surface area contributed by atoms with Crippen LogP contribution in [0.15, 0.2) is 41.3 Å². The Morgan fingerprint density at radius 3 is 2.47 bits per heavy atom. The number of halogens is 2. The van der Waals surface area contributed by atoms with E-state index in [4.69, 9.17) is 0 Å². The molecule has 0 spiro atoms. The highest BCUT2D eigenvalue weighted by Crippen LogP contribution is 2.39. The van der Waals surface area contributed by atoms with Crippen molar-refractivity contribution in [2.45, 2.75) is 60.0 Å². The maximum Gasteiger partial charge on any atom is 0.407 e. The van der Waals surface area contributed by atoms with Crippen LogP contribution < -0.4 is 10.6 Å². The summed E-state index contributed by atoms with van der Waals surface area (Å²) in [5, 5.41) is 20.6. The lowest BCUT2D eigenvalue weighted by Crippen LogP contribution is -2.64. The van der Waals surface area contributed by atoms with Gasteiger partial charge in [0.25, 0.3) is 0 Å². The Labute approximate surface area is 247 Å². The third-order valence-corrected chi connectivity index (χ3v) is 8.06. The van der Waals surface area contributed by atoms with Crippen molar-refractivity contribution in [2.24, 2.45) is 5.41 Å². The lowest BCUT2D eigenvalue weighted by atomic mass is 9.80. The Bertz CT molecular complexity index is 1780. The number of benzene rings is 1. The Morgan fingerprint density at radius 1 is 1.12 bits per heavy atom. The minimum atomic E-state index is -1.05. The van der Waals surface area contributed by atoms with E-state index < -0.39 is 57.9 Å². The molecule has 5 rings (SSSR count). The van der Waals surface area contributed by atoms with E-state index in [-0.39, 0.29) is 29.9 Å². The fraction of sp³-hybridized carbons (Fsp3) is 0.387. The number of aryl methyl sites for hydroxylation is 2. The first-order valence-corrected chi connectivity index (χ1v) is 14.1. The first-order chi connectivity index (χ1) is 20.3. The molecule has 10 nitrogen and oxygen atoms in total. The molecule has 1 unspecified atom stereocenters. The van der Waals surface area contributed by atoms with Crippen LogP contribution in [-0.4, -0.2) is 65.9 Å². The molecule has 1 aliphatic heterocycles. The molecular weight excluding hydrogens is 558 g/mol. The number of amides is 1. The normalized spacial score (nSPS) is 17.5. The predicted octanol–water partition coefficient (Wildman–Crippen LogP) is 5.30. The highest BCUT2D eigenvalue weighted by Gasteiger charge is 2.44. The Kier molecular flexibility index (Phi) is 7.57. The summed E-state index contributed by atoms with van der Waals surface area (Å²) < 4.78 is 32.1. The Balaban J connectivity index is 1.86. The first-order valence-electron chi connectivity index (χ1n) is 14.1. The number of rotatable bonds is 4. The first kappa shape index (κ1) is 29.9. The molecule has 4 heterocycles. The molecular formula is C31H34F2N6O4. The van der Waals surface area contributed by atoms with Gasteiger partial charge in [0, 0.05) is 25.3 Å². The lowest BCUT2D eigenvalue weighted by molar-refractivity contribution is 0.0562. The smallest absolute Gasteiger partial charge is 0.407 e. The zero-order valence-corrected chi connectivity index (χ0v) is 24.9. The van der Waals surface area contributed by atoms with Gasteiger partial charge in [-0.1, -0.05) is 33.8 Å². The zero-order chi connectivity index (χ0) is 31.4. The van der Waals surface area contributed by atoms with E-state index in [2.05, 4.69) is 15.0 Å². The maximum atomic E-state index is 15.9. The van der Waals surface area contributed by atoms with Crippen LogP contribution in [0.3, 0.4) is 0 Å². The van der Waals surface area contributed by atoms with Gasteiger partial charge < -0.3 is 20.0 Å². The number of aromatic hydroxyl groups is 1. The molecule has 1 saturated heterocycles. The largest absolute Gasteiger partial charge is 0.507 e. The minimum Gasteiger partial charge on any atom is -0.507 e. The Morgan fingerprint density at radius 2 is 1.84 bits per heavy atom. The van der Waals surface area contributed by atoms with Gasteiger partial charge in [-0.2, -0.15) is 4.98 Å². The highest BCUT2D eigenvalue weighted by molar-refractivity contribution is 5.91. The summed E-state index contributed by atoms with van der Waals surface area (Å²) in [4.78, 5) is 42.7. The third kappa shape index (κ3) is 5.04. The van der Waals surface area contributed by atoms with Gasteiger partial charge in [0.15, 0.2) is 11.5 Å². The van der Waals surface area contributed by atoms with Gasteiger partial charge in [0.2, 0.25) is 0 Å². The molecule has 3 aromatic heterocycles. The number of pyridine rings is 2. The van der Waals surface area contributed by atoms with Crippen molar-refractivity contribution in [1.82, 2.24) is 24.4 Å². The number of hydrogen-bond donors (Lipinski definition) is 2. The summed E-state index contributed by atoms with van der Waals surface area (Å²) >= 11 is 0. The summed E-state index contributed by atoms with van der Waals surface area (Å²) in [5.74, 6) is -2.18. The fourth-order valence-electron chi connectivity index (χ4n) is 6.31. The number of piperazine rings is 1. The number of hydrogen-bond acceptors (Lipinski definition) is 7. The molecule has 0 aliphatic carbocycles. The molecule has 0 radical (unpaired) electrons. The zero-order valence-electron chi connectivity index (χ0n) is 24.9. The number of nitrogens with zero attached hydrogens (tertiary/aromatic N) is 6. The van der Waals surface area contributed by atoms with E-state index in [0.717, 1.165) is 12.1 Å². The molecule has 2 atom stereocenters. The van der Waals surface area contributed by atoms with Gasteiger partial charge in [-0.3, -0.25) is 4.98 Å². The van der Waals surface area contributed by atoms with Crippen molar-refractivity contribution in [3.05, 3.63) is 69.9 Å². The highest BCUT2D eigenvalue weighted by atomic mass is 19.1.